The van der Waals surface area contributed by atoms with Crippen LogP contribution in [0.4, 0.5) is 0 Å². The van der Waals surface area contributed by atoms with Crippen molar-refractivity contribution in [1.29, 1.82) is 0 Å². The summed E-state index contributed by atoms with van der Waals surface area (Å²) in [5.41, 5.74) is 0.478. The molecule has 0 atom stereocenters. The standard InChI is InChI=1S/C14H31NS2/c1-13(2,3)9-7-11-15(6)12-8-10-14(4,5)17-16/h16H,7-12H2,1-6H3. The maximum Gasteiger partial charge on any atom is 0.0205 e. The highest BCUT2D eigenvalue weighted by Crippen LogP contribution is 2.31. The molecule has 0 amide bonds. The van der Waals surface area contributed by atoms with E-state index in [1.807, 2.05) is 0 Å². The Bertz CT molecular complexity index is 197. The van der Waals surface area contributed by atoms with Crippen LogP contribution < -0.4 is 0 Å². The lowest BCUT2D eigenvalue weighted by atomic mass is 9.90. The second-order valence-corrected chi connectivity index (χ2v) is 8.76. The van der Waals surface area contributed by atoms with Crippen LogP contribution in [0, 0.1) is 5.41 Å². The van der Waals surface area contributed by atoms with E-state index in [2.05, 4.69) is 58.2 Å². The average molecular weight is 278 g/mol. The summed E-state index contributed by atoms with van der Waals surface area (Å²) in [6.45, 7) is 13.9. The number of hydrogen-bond acceptors (Lipinski definition) is 3. The van der Waals surface area contributed by atoms with Crippen LogP contribution in [-0.2, 0) is 0 Å². The lowest BCUT2D eigenvalue weighted by Gasteiger charge is -2.24. The molecule has 0 aromatic heterocycles. The quantitative estimate of drug-likeness (QED) is 0.497. The van der Waals surface area contributed by atoms with Gasteiger partial charge in [-0.3, -0.25) is 0 Å². The molecule has 3 heteroatoms. The molecule has 1 nitrogen and oxygen atoms in total. The van der Waals surface area contributed by atoms with Crippen molar-refractivity contribution in [2.24, 2.45) is 5.41 Å². The van der Waals surface area contributed by atoms with Gasteiger partial charge in [0.05, 0.1) is 0 Å². The first kappa shape index (κ1) is 17.7. The molecule has 0 saturated heterocycles. The van der Waals surface area contributed by atoms with Crippen LogP contribution in [0.25, 0.3) is 0 Å². The summed E-state index contributed by atoms with van der Waals surface area (Å²) >= 11 is 4.32. The molecule has 0 aliphatic rings. The Morgan fingerprint density at radius 1 is 0.941 bits per heavy atom. The third kappa shape index (κ3) is 11.5. The molecule has 0 N–H and O–H groups in total. The van der Waals surface area contributed by atoms with E-state index in [4.69, 9.17) is 0 Å². The zero-order chi connectivity index (χ0) is 13.5. The Labute approximate surface area is 118 Å². The maximum atomic E-state index is 4.32. The summed E-state index contributed by atoms with van der Waals surface area (Å²) in [6, 6.07) is 0. The Morgan fingerprint density at radius 3 is 1.82 bits per heavy atom. The van der Waals surface area contributed by atoms with E-state index in [1.54, 1.807) is 10.8 Å². The van der Waals surface area contributed by atoms with Crippen molar-refractivity contribution in [2.45, 2.75) is 65.0 Å². The van der Waals surface area contributed by atoms with E-state index in [-0.39, 0.29) is 0 Å². The minimum absolute atomic E-state index is 0.315. The molecule has 0 aliphatic heterocycles. The lowest BCUT2D eigenvalue weighted by Crippen LogP contribution is -2.24. The average Bonchev–Trinajstić information content (AvgIpc) is 2.15. The number of nitrogens with zero attached hydrogens (tertiary/aromatic N) is 1. The number of thiol groups is 1. The van der Waals surface area contributed by atoms with Crippen LogP contribution in [-0.4, -0.2) is 29.8 Å². The summed E-state index contributed by atoms with van der Waals surface area (Å²) in [6.07, 6.45) is 5.14. The fourth-order valence-corrected chi connectivity index (χ4v) is 2.32. The van der Waals surface area contributed by atoms with Crippen LogP contribution in [0.3, 0.4) is 0 Å². The molecular formula is C14H31NS2. The van der Waals surface area contributed by atoms with Crippen molar-refractivity contribution >= 4 is 22.5 Å². The molecule has 0 radical (unpaired) electrons. The van der Waals surface area contributed by atoms with Crippen molar-refractivity contribution in [3.05, 3.63) is 0 Å². The molecule has 0 aromatic rings. The van der Waals surface area contributed by atoms with Gasteiger partial charge in [-0.05, 0) is 65.1 Å². The molecule has 0 bridgehead atoms. The minimum Gasteiger partial charge on any atom is -0.306 e. The molecule has 104 valence electrons. The van der Waals surface area contributed by atoms with Crippen molar-refractivity contribution in [1.82, 2.24) is 4.90 Å². The highest BCUT2D eigenvalue weighted by molar-refractivity contribution is 8.69. The van der Waals surface area contributed by atoms with Crippen LogP contribution >= 0.6 is 22.5 Å². The molecule has 0 spiro atoms. The second kappa shape index (κ2) is 7.96. The van der Waals surface area contributed by atoms with Gasteiger partial charge in [-0.15, -0.1) is 11.7 Å². The summed E-state index contributed by atoms with van der Waals surface area (Å²) < 4.78 is 0.315. The predicted molar refractivity (Wildman–Crippen MR) is 86.1 cm³/mol. The van der Waals surface area contributed by atoms with Gasteiger partial charge in [0.1, 0.15) is 0 Å². The third-order valence-electron chi connectivity index (χ3n) is 3.03. The van der Waals surface area contributed by atoms with E-state index < -0.39 is 0 Å². The second-order valence-electron chi connectivity index (χ2n) is 6.92. The van der Waals surface area contributed by atoms with Crippen LogP contribution in [0.1, 0.15) is 60.3 Å². The normalized spacial score (nSPS) is 13.4. The van der Waals surface area contributed by atoms with Crippen molar-refractivity contribution in [3.8, 4) is 0 Å². The zero-order valence-corrected chi connectivity index (χ0v) is 14.3. The van der Waals surface area contributed by atoms with E-state index in [1.165, 1.54) is 38.8 Å². The lowest BCUT2D eigenvalue weighted by molar-refractivity contribution is 0.281. The Balaban J connectivity index is 3.57. The SMILES string of the molecule is CN(CCCC(C)(C)C)CCCC(C)(C)SS. The fourth-order valence-electron chi connectivity index (χ4n) is 1.81. The van der Waals surface area contributed by atoms with Crippen molar-refractivity contribution in [3.63, 3.8) is 0 Å². The maximum absolute atomic E-state index is 4.32. The Hall–Kier alpha value is 0.660. The smallest absolute Gasteiger partial charge is 0.0205 e. The Kier molecular flexibility index (Phi) is 8.27. The first-order valence-corrected chi connectivity index (χ1v) is 8.54. The fraction of sp³-hybridized carbons (Fsp3) is 1.00. The van der Waals surface area contributed by atoms with Gasteiger partial charge in [0, 0.05) is 4.75 Å². The van der Waals surface area contributed by atoms with Gasteiger partial charge < -0.3 is 4.90 Å². The monoisotopic (exact) mass is 277 g/mol. The molecule has 0 unspecified atom stereocenters. The molecule has 0 saturated carbocycles. The minimum atomic E-state index is 0.315. The van der Waals surface area contributed by atoms with Crippen LogP contribution in [0.5, 0.6) is 0 Å². The molecular weight excluding hydrogens is 246 g/mol. The summed E-state index contributed by atoms with van der Waals surface area (Å²) in [5, 5.41) is 0. The summed E-state index contributed by atoms with van der Waals surface area (Å²) in [4.78, 5) is 2.46. The Morgan fingerprint density at radius 2 is 1.41 bits per heavy atom. The predicted octanol–water partition coefficient (Wildman–Crippen LogP) is 4.88. The van der Waals surface area contributed by atoms with Gasteiger partial charge in [-0.1, -0.05) is 31.6 Å². The summed E-state index contributed by atoms with van der Waals surface area (Å²) in [5.74, 6) is 0. The zero-order valence-electron chi connectivity index (χ0n) is 12.5. The highest BCUT2D eigenvalue weighted by Gasteiger charge is 2.16. The molecule has 0 aromatic carbocycles. The van der Waals surface area contributed by atoms with Gasteiger partial charge in [-0.2, -0.15) is 0 Å². The van der Waals surface area contributed by atoms with E-state index in [9.17, 15) is 0 Å². The van der Waals surface area contributed by atoms with Gasteiger partial charge >= 0.3 is 0 Å². The molecule has 0 fully saturated rings. The molecule has 17 heavy (non-hydrogen) atoms. The third-order valence-corrected chi connectivity index (χ3v) is 5.21. The highest BCUT2D eigenvalue weighted by atomic mass is 33.1. The first-order chi connectivity index (χ1) is 7.66. The number of rotatable bonds is 8. The largest absolute Gasteiger partial charge is 0.306 e. The first-order valence-electron chi connectivity index (χ1n) is 6.67. The number of hydrogen-bond donors (Lipinski definition) is 1. The summed E-state index contributed by atoms with van der Waals surface area (Å²) in [7, 11) is 3.92. The van der Waals surface area contributed by atoms with Gasteiger partial charge in [-0.25, -0.2) is 0 Å². The van der Waals surface area contributed by atoms with Gasteiger partial charge in [0.25, 0.3) is 0 Å². The van der Waals surface area contributed by atoms with Gasteiger partial charge in [0.15, 0.2) is 0 Å². The van der Waals surface area contributed by atoms with Gasteiger partial charge in [0.2, 0.25) is 0 Å². The van der Waals surface area contributed by atoms with E-state index >= 15 is 0 Å². The van der Waals surface area contributed by atoms with Crippen molar-refractivity contribution < 1.29 is 0 Å². The van der Waals surface area contributed by atoms with Crippen LogP contribution in [0.2, 0.25) is 0 Å². The molecule has 0 aliphatic carbocycles. The van der Waals surface area contributed by atoms with E-state index in [0.29, 0.717) is 10.2 Å². The molecule has 0 heterocycles. The molecule has 0 rings (SSSR count). The topological polar surface area (TPSA) is 3.24 Å². The van der Waals surface area contributed by atoms with E-state index in [0.717, 1.165) is 0 Å². The van der Waals surface area contributed by atoms with Crippen molar-refractivity contribution in [2.75, 3.05) is 20.1 Å². The van der Waals surface area contributed by atoms with Crippen LogP contribution in [0.15, 0.2) is 0 Å².